The summed E-state index contributed by atoms with van der Waals surface area (Å²) in [5.41, 5.74) is 4.06. The van der Waals surface area contributed by atoms with E-state index in [1.165, 1.54) is 24.3 Å². The number of benzene rings is 4. The van der Waals surface area contributed by atoms with Gasteiger partial charge in [-0.05, 0) is 76.7 Å². The van der Waals surface area contributed by atoms with Gasteiger partial charge in [-0.25, -0.2) is 8.78 Å². The van der Waals surface area contributed by atoms with E-state index in [1.54, 1.807) is 43.4 Å². The normalized spacial score (nSPS) is 11.5. The Morgan fingerprint density at radius 2 is 1.41 bits per heavy atom. The molecule has 0 aliphatic heterocycles. The van der Waals surface area contributed by atoms with Gasteiger partial charge in [0, 0.05) is 30.0 Å². The Kier molecular flexibility index (Phi) is 6.87. The van der Waals surface area contributed by atoms with Gasteiger partial charge in [-0.3, -0.25) is 9.59 Å². The minimum atomic E-state index is -0.477. The van der Waals surface area contributed by atoms with E-state index in [2.05, 4.69) is 5.32 Å². The second-order valence-electron chi connectivity index (χ2n) is 10.2. The monoisotopic (exact) mass is 523 g/mol. The van der Waals surface area contributed by atoms with Crippen molar-refractivity contribution in [3.05, 3.63) is 119 Å². The number of ketones is 1. The van der Waals surface area contributed by atoms with Gasteiger partial charge in [-0.2, -0.15) is 0 Å². The number of carbonyl (C=O) groups excluding carboxylic acids is 2. The van der Waals surface area contributed by atoms with E-state index in [0.717, 1.165) is 16.7 Å². The Balaban J connectivity index is 1.50. The molecule has 0 radical (unpaired) electrons. The molecule has 1 N–H and O–H groups in total. The van der Waals surface area contributed by atoms with Crippen molar-refractivity contribution in [2.24, 2.45) is 0 Å². The molecule has 1 aromatic heterocycles. The number of furan rings is 1. The maximum atomic E-state index is 13.5. The molecule has 4 nitrogen and oxygen atoms in total. The van der Waals surface area contributed by atoms with Gasteiger partial charge >= 0.3 is 0 Å². The highest BCUT2D eigenvalue weighted by Gasteiger charge is 2.26. The largest absolute Gasteiger partial charge is 0.455 e. The lowest BCUT2D eigenvalue weighted by atomic mass is 9.79. The Morgan fingerprint density at radius 3 is 2.08 bits per heavy atom. The first-order valence-corrected chi connectivity index (χ1v) is 12.6. The van der Waals surface area contributed by atoms with Crippen LogP contribution in [0.2, 0.25) is 0 Å². The Hall–Kier alpha value is -4.58. The topological polar surface area (TPSA) is 59.3 Å². The number of carbonyl (C=O) groups is 2. The van der Waals surface area contributed by atoms with Gasteiger partial charge in [0.15, 0.2) is 5.78 Å². The van der Waals surface area contributed by atoms with Crippen LogP contribution in [0.3, 0.4) is 0 Å². The Labute approximate surface area is 225 Å². The van der Waals surface area contributed by atoms with Crippen LogP contribution in [0.15, 0.2) is 95.4 Å². The summed E-state index contributed by atoms with van der Waals surface area (Å²) >= 11 is 0. The third-order valence-corrected chi connectivity index (χ3v) is 6.99. The average molecular weight is 524 g/mol. The highest BCUT2D eigenvalue weighted by molar-refractivity contribution is 6.12. The van der Waals surface area contributed by atoms with E-state index < -0.39 is 5.41 Å². The third kappa shape index (κ3) is 5.23. The molecule has 1 amide bonds. The molecule has 0 aliphatic rings. The molecule has 5 aromatic rings. The fourth-order valence-electron chi connectivity index (χ4n) is 4.81. The molecule has 196 valence electrons. The molecule has 0 unspecified atom stereocenters. The molecule has 0 atom stereocenters. The minimum absolute atomic E-state index is 0.0276. The van der Waals surface area contributed by atoms with Gasteiger partial charge in [-0.15, -0.1) is 0 Å². The lowest BCUT2D eigenvalue weighted by Crippen LogP contribution is -2.22. The molecule has 1 heterocycles. The summed E-state index contributed by atoms with van der Waals surface area (Å²) in [7, 11) is 1.54. The van der Waals surface area contributed by atoms with E-state index in [0.29, 0.717) is 33.4 Å². The summed E-state index contributed by atoms with van der Waals surface area (Å²) in [6.07, 6.45) is 0.255. The van der Waals surface area contributed by atoms with Gasteiger partial charge < -0.3 is 9.73 Å². The van der Waals surface area contributed by atoms with E-state index in [-0.39, 0.29) is 29.7 Å². The molecule has 0 fully saturated rings. The quantitative estimate of drug-likeness (QED) is 0.220. The van der Waals surface area contributed by atoms with Crippen molar-refractivity contribution in [3.8, 4) is 22.5 Å². The second kappa shape index (κ2) is 10.3. The first-order valence-electron chi connectivity index (χ1n) is 12.6. The molecule has 0 aliphatic carbocycles. The molecule has 39 heavy (non-hydrogen) atoms. The van der Waals surface area contributed by atoms with Crippen LogP contribution >= 0.6 is 0 Å². The number of fused-ring (bicyclic) bond motifs is 1. The van der Waals surface area contributed by atoms with Crippen molar-refractivity contribution in [1.29, 1.82) is 0 Å². The first kappa shape index (κ1) is 26.0. The molecular formula is C33H27F2NO3. The summed E-state index contributed by atoms with van der Waals surface area (Å²) in [6.45, 7) is 3.93. The van der Waals surface area contributed by atoms with Gasteiger partial charge in [0.05, 0.1) is 5.56 Å². The average Bonchev–Trinajstić information content (AvgIpc) is 3.32. The molecule has 0 saturated heterocycles. The number of Topliss-reactive ketones (excluding diaryl/α,β-unsaturated/α-hetero) is 1. The minimum Gasteiger partial charge on any atom is -0.455 e. The van der Waals surface area contributed by atoms with Crippen LogP contribution in [0, 0.1) is 11.6 Å². The molecule has 6 heteroatoms. The molecular weight excluding hydrogens is 496 g/mol. The standard InChI is InChI=1S/C33H27F2NO3/c1-33(2,24-10-14-26(35)15-11-24)19-28(37)23-6-4-5-21(17-23)22-9-16-29-27(18-22)30(32(38)36-3)31(39-29)20-7-12-25(34)13-8-20/h4-18H,19H2,1-3H3,(H,36,38). The second-order valence-corrected chi connectivity index (χ2v) is 10.2. The van der Waals surface area contributed by atoms with Crippen molar-refractivity contribution in [3.63, 3.8) is 0 Å². The third-order valence-electron chi connectivity index (χ3n) is 6.99. The number of rotatable bonds is 7. The van der Waals surface area contributed by atoms with Crippen LogP contribution in [-0.2, 0) is 5.41 Å². The maximum absolute atomic E-state index is 13.5. The molecule has 0 bridgehead atoms. The predicted molar refractivity (Wildman–Crippen MR) is 149 cm³/mol. The Bertz CT molecular complexity index is 1680. The van der Waals surface area contributed by atoms with Crippen molar-refractivity contribution in [1.82, 2.24) is 5.32 Å². The van der Waals surface area contributed by atoms with Gasteiger partial charge in [-0.1, -0.05) is 50.2 Å². The SMILES string of the molecule is CNC(=O)c1c(-c2ccc(F)cc2)oc2ccc(-c3cccc(C(=O)CC(C)(C)c4ccc(F)cc4)c3)cc12. The van der Waals surface area contributed by atoms with E-state index in [1.807, 2.05) is 44.2 Å². The maximum Gasteiger partial charge on any atom is 0.255 e. The van der Waals surface area contributed by atoms with Crippen LogP contribution in [0.5, 0.6) is 0 Å². The van der Waals surface area contributed by atoms with Crippen molar-refractivity contribution < 1.29 is 22.8 Å². The summed E-state index contributed by atoms with van der Waals surface area (Å²) in [4.78, 5) is 26.2. The van der Waals surface area contributed by atoms with Crippen molar-refractivity contribution >= 4 is 22.7 Å². The summed E-state index contributed by atoms with van der Waals surface area (Å²) < 4.78 is 32.9. The zero-order valence-electron chi connectivity index (χ0n) is 21.8. The molecule has 5 rings (SSSR count). The van der Waals surface area contributed by atoms with Gasteiger partial charge in [0.2, 0.25) is 0 Å². The zero-order chi connectivity index (χ0) is 27.7. The highest BCUT2D eigenvalue weighted by atomic mass is 19.1. The van der Waals surface area contributed by atoms with Crippen LogP contribution in [0.4, 0.5) is 8.78 Å². The number of nitrogens with one attached hydrogen (secondary N) is 1. The lowest BCUT2D eigenvalue weighted by molar-refractivity contribution is 0.0952. The van der Waals surface area contributed by atoms with Crippen LogP contribution in [-0.4, -0.2) is 18.7 Å². The van der Waals surface area contributed by atoms with Crippen LogP contribution in [0.1, 0.15) is 46.5 Å². The molecule has 0 saturated carbocycles. The summed E-state index contributed by atoms with van der Waals surface area (Å²) in [5.74, 6) is -0.688. The molecule has 4 aromatic carbocycles. The van der Waals surface area contributed by atoms with Crippen molar-refractivity contribution in [2.75, 3.05) is 7.05 Å². The zero-order valence-corrected chi connectivity index (χ0v) is 21.8. The predicted octanol–water partition coefficient (Wildman–Crippen LogP) is 7.96. The molecule has 0 spiro atoms. The fourth-order valence-corrected chi connectivity index (χ4v) is 4.81. The number of amides is 1. The Morgan fingerprint density at radius 1 is 0.795 bits per heavy atom. The van der Waals surface area contributed by atoms with E-state index in [4.69, 9.17) is 4.42 Å². The van der Waals surface area contributed by atoms with Crippen molar-refractivity contribution in [2.45, 2.75) is 25.7 Å². The smallest absolute Gasteiger partial charge is 0.255 e. The van der Waals surface area contributed by atoms with Crippen LogP contribution < -0.4 is 5.32 Å². The van der Waals surface area contributed by atoms with E-state index in [9.17, 15) is 18.4 Å². The number of halogens is 2. The first-order chi connectivity index (χ1) is 18.7. The lowest BCUT2D eigenvalue weighted by Gasteiger charge is -2.24. The summed E-state index contributed by atoms with van der Waals surface area (Å²) in [6, 6.07) is 24.9. The number of hydrogen-bond acceptors (Lipinski definition) is 3. The highest BCUT2D eigenvalue weighted by Crippen LogP contribution is 2.36. The summed E-state index contributed by atoms with van der Waals surface area (Å²) in [5, 5.41) is 3.28. The van der Waals surface area contributed by atoms with Gasteiger partial charge in [0.1, 0.15) is 23.0 Å². The van der Waals surface area contributed by atoms with Gasteiger partial charge in [0.25, 0.3) is 5.91 Å². The van der Waals surface area contributed by atoms with Crippen LogP contribution in [0.25, 0.3) is 33.4 Å². The fraction of sp³-hybridized carbons (Fsp3) is 0.152. The number of hydrogen-bond donors (Lipinski definition) is 1. The van der Waals surface area contributed by atoms with E-state index >= 15 is 0 Å².